The Labute approximate surface area is 156 Å². The summed E-state index contributed by atoms with van der Waals surface area (Å²) in [6.45, 7) is 3.87. The number of methoxy groups -OCH3 is 1. The number of halogens is 1. The monoisotopic (exact) mass is 431 g/mol. The summed E-state index contributed by atoms with van der Waals surface area (Å²) in [7, 11) is 3.37. The van der Waals surface area contributed by atoms with Crippen LogP contribution < -0.4 is 20.1 Å². The lowest BCUT2D eigenvalue weighted by Gasteiger charge is -2.12. The number of ether oxygens (including phenoxy) is 2. The van der Waals surface area contributed by atoms with Gasteiger partial charge in [-0.15, -0.1) is 30.4 Å². The van der Waals surface area contributed by atoms with Crippen LogP contribution in [0.4, 0.5) is 0 Å². The highest BCUT2D eigenvalue weighted by Gasteiger charge is 2.05. The molecule has 0 saturated heterocycles. The van der Waals surface area contributed by atoms with E-state index < -0.39 is 0 Å². The van der Waals surface area contributed by atoms with Gasteiger partial charge in [-0.25, -0.2) is 0 Å². The molecule has 0 aliphatic heterocycles. The fourth-order valence-electron chi connectivity index (χ4n) is 2.00. The van der Waals surface area contributed by atoms with Gasteiger partial charge in [-0.1, -0.05) is 12.0 Å². The van der Waals surface area contributed by atoms with Gasteiger partial charge >= 0.3 is 0 Å². The Morgan fingerprint density at radius 2 is 2.09 bits per heavy atom. The molecule has 0 aliphatic rings. The van der Waals surface area contributed by atoms with E-state index in [1.54, 1.807) is 14.2 Å². The molecule has 0 aromatic heterocycles. The summed E-state index contributed by atoms with van der Waals surface area (Å²) in [5.41, 5.74) is 1.22. The van der Waals surface area contributed by atoms with Crippen LogP contribution in [0.5, 0.6) is 11.5 Å². The summed E-state index contributed by atoms with van der Waals surface area (Å²) in [4.78, 5) is 4.09. The summed E-state index contributed by atoms with van der Waals surface area (Å²) in [6.07, 6.45) is 7.14. The molecule has 0 fully saturated rings. The number of hydrogen-bond acceptors (Lipinski definition) is 3. The topological polar surface area (TPSA) is 54.9 Å². The van der Waals surface area contributed by atoms with Crippen molar-refractivity contribution in [2.24, 2.45) is 4.99 Å². The van der Waals surface area contributed by atoms with Crippen molar-refractivity contribution < 1.29 is 9.47 Å². The van der Waals surface area contributed by atoms with Crippen molar-refractivity contribution in [3.05, 3.63) is 23.8 Å². The number of benzene rings is 1. The molecule has 2 N–H and O–H groups in total. The highest BCUT2D eigenvalue weighted by molar-refractivity contribution is 14.0. The van der Waals surface area contributed by atoms with Gasteiger partial charge in [0.2, 0.25) is 0 Å². The van der Waals surface area contributed by atoms with E-state index in [0.717, 1.165) is 36.8 Å². The van der Waals surface area contributed by atoms with Crippen LogP contribution in [0, 0.1) is 12.3 Å². The third-order valence-electron chi connectivity index (χ3n) is 3.04. The molecule has 0 saturated carbocycles. The lowest BCUT2D eigenvalue weighted by molar-refractivity contribution is 0.310. The third-order valence-corrected chi connectivity index (χ3v) is 3.04. The van der Waals surface area contributed by atoms with Crippen LogP contribution in [0.1, 0.15) is 18.9 Å². The Kier molecular flexibility index (Phi) is 12.0. The predicted octanol–water partition coefficient (Wildman–Crippen LogP) is 2.44. The standard InChI is InChI=1S/C17H25N3O2.HI/c1-5-11-19-17(18-3)20-12-7-8-14-9-10-15(21-4)16(13-14)22-6-2;/h1,9-10,13H,6-8,11-12H2,2-4H3,(H2,18,19,20);1H. The third kappa shape index (κ3) is 7.98. The zero-order valence-electron chi connectivity index (χ0n) is 14.0. The van der Waals surface area contributed by atoms with Gasteiger partial charge in [0.05, 0.1) is 20.3 Å². The average Bonchev–Trinajstić information content (AvgIpc) is 2.55. The second-order valence-corrected chi connectivity index (χ2v) is 4.58. The van der Waals surface area contributed by atoms with Crippen molar-refractivity contribution >= 4 is 29.9 Å². The van der Waals surface area contributed by atoms with Crippen molar-refractivity contribution in [1.29, 1.82) is 0 Å². The average molecular weight is 431 g/mol. The van der Waals surface area contributed by atoms with E-state index in [4.69, 9.17) is 15.9 Å². The molecular weight excluding hydrogens is 405 g/mol. The summed E-state index contributed by atoms with van der Waals surface area (Å²) >= 11 is 0. The zero-order chi connectivity index (χ0) is 16.2. The fourth-order valence-corrected chi connectivity index (χ4v) is 2.00. The quantitative estimate of drug-likeness (QED) is 0.218. The summed E-state index contributed by atoms with van der Waals surface area (Å²) in [6, 6.07) is 6.04. The van der Waals surface area contributed by atoms with E-state index >= 15 is 0 Å². The normalized spacial score (nSPS) is 10.3. The maximum absolute atomic E-state index is 5.59. The Bertz CT molecular complexity index is 527. The van der Waals surface area contributed by atoms with E-state index in [1.165, 1.54) is 5.56 Å². The van der Waals surface area contributed by atoms with Crippen LogP contribution in [0.2, 0.25) is 0 Å². The number of guanidine groups is 1. The Balaban J connectivity index is 0.00000484. The molecule has 0 amide bonds. The molecule has 0 spiro atoms. The van der Waals surface area contributed by atoms with E-state index in [0.29, 0.717) is 13.2 Å². The van der Waals surface area contributed by atoms with E-state index in [2.05, 4.69) is 27.6 Å². The number of terminal acetylenes is 1. The van der Waals surface area contributed by atoms with Crippen LogP contribution in [-0.2, 0) is 6.42 Å². The maximum Gasteiger partial charge on any atom is 0.191 e. The van der Waals surface area contributed by atoms with Crippen LogP contribution in [0.15, 0.2) is 23.2 Å². The van der Waals surface area contributed by atoms with Crippen molar-refractivity contribution in [3.63, 3.8) is 0 Å². The molecule has 0 bridgehead atoms. The molecule has 0 atom stereocenters. The fraction of sp³-hybridized carbons (Fsp3) is 0.471. The first-order chi connectivity index (χ1) is 10.7. The molecule has 5 nitrogen and oxygen atoms in total. The molecular formula is C17H26IN3O2. The van der Waals surface area contributed by atoms with Crippen LogP contribution in [0.3, 0.4) is 0 Å². The highest BCUT2D eigenvalue weighted by atomic mass is 127. The van der Waals surface area contributed by atoms with Crippen LogP contribution >= 0.6 is 24.0 Å². The first-order valence-electron chi connectivity index (χ1n) is 7.42. The molecule has 6 heteroatoms. The summed E-state index contributed by atoms with van der Waals surface area (Å²) in [5.74, 6) is 4.80. The van der Waals surface area contributed by atoms with E-state index in [9.17, 15) is 0 Å². The minimum Gasteiger partial charge on any atom is -0.493 e. The zero-order valence-corrected chi connectivity index (χ0v) is 16.3. The van der Waals surface area contributed by atoms with Gasteiger partial charge in [-0.05, 0) is 37.5 Å². The minimum absolute atomic E-state index is 0. The first-order valence-corrected chi connectivity index (χ1v) is 7.42. The first kappa shape index (κ1) is 21.4. The van der Waals surface area contributed by atoms with Crippen molar-refractivity contribution in [2.45, 2.75) is 19.8 Å². The number of aliphatic imine (C=N–C) groups is 1. The molecule has 23 heavy (non-hydrogen) atoms. The number of nitrogens with one attached hydrogen (secondary N) is 2. The van der Waals surface area contributed by atoms with Gasteiger partial charge in [0.1, 0.15) is 0 Å². The largest absolute Gasteiger partial charge is 0.493 e. The lowest BCUT2D eigenvalue weighted by atomic mass is 10.1. The highest BCUT2D eigenvalue weighted by Crippen LogP contribution is 2.28. The van der Waals surface area contributed by atoms with Crippen molar-refractivity contribution in [3.8, 4) is 23.8 Å². The van der Waals surface area contributed by atoms with Gasteiger partial charge in [-0.3, -0.25) is 4.99 Å². The molecule has 1 rings (SSSR count). The smallest absolute Gasteiger partial charge is 0.191 e. The van der Waals surface area contributed by atoms with Crippen molar-refractivity contribution in [2.75, 3.05) is 33.9 Å². The van der Waals surface area contributed by atoms with Crippen molar-refractivity contribution in [1.82, 2.24) is 10.6 Å². The molecule has 0 heterocycles. The van der Waals surface area contributed by atoms with Crippen LogP contribution in [-0.4, -0.2) is 39.8 Å². The second-order valence-electron chi connectivity index (χ2n) is 4.58. The minimum atomic E-state index is 0. The number of rotatable bonds is 8. The summed E-state index contributed by atoms with van der Waals surface area (Å²) < 4.78 is 10.9. The Morgan fingerprint density at radius 3 is 2.70 bits per heavy atom. The molecule has 128 valence electrons. The maximum atomic E-state index is 5.59. The SMILES string of the molecule is C#CCNC(=NC)NCCCc1ccc(OC)c(OCC)c1.I. The Hall–Kier alpha value is -1.62. The number of aryl methyl sites for hydroxylation is 1. The van der Waals surface area contributed by atoms with Gasteiger partial charge in [0.15, 0.2) is 17.5 Å². The molecule has 1 aromatic rings. The predicted molar refractivity (Wildman–Crippen MR) is 106 cm³/mol. The molecule has 1 aromatic carbocycles. The summed E-state index contributed by atoms with van der Waals surface area (Å²) in [5, 5.41) is 6.25. The van der Waals surface area contributed by atoms with Gasteiger partial charge in [-0.2, -0.15) is 0 Å². The number of hydrogen-bond donors (Lipinski definition) is 2. The van der Waals surface area contributed by atoms with E-state index in [1.807, 2.05) is 19.1 Å². The Morgan fingerprint density at radius 1 is 1.30 bits per heavy atom. The number of nitrogens with zero attached hydrogens (tertiary/aromatic N) is 1. The van der Waals surface area contributed by atoms with Crippen LogP contribution in [0.25, 0.3) is 0 Å². The molecule has 0 unspecified atom stereocenters. The van der Waals surface area contributed by atoms with Gasteiger partial charge < -0.3 is 20.1 Å². The molecule has 0 aliphatic carbocycles. The van der Waals surface area contributed by atoms with E-state index in [-0.39, 0.29) is 24.0 Å². The second kappa shape index (κ2) is 12.9. The van der Waals surface area contributed by atoms with Gasteiger partial charge in [0, 0.05) is 13.6 Å². The van der Waals surface area contributed by atoms with Gasteiger partial charge in [0.25, 0.3) is 0 Å². The lowest BCUT2D eigenvalue weighted by Crippen LogP contribution is -2.37. The molecule has 0 radical (unpaired) electrons.